The second-order valence-corrected chi connectivity index (χ2v) is 7.24. The van der Waals surface area contributed by atoms with Crippen LogP contribution < -0.4 is 0 Å². The van der Waals surface area contributed by atoms with Gasteiger partial charge in [0.15, 0.2) is 0 Å². The smallest absolute Gasteiger partial charge is 0.273 e. The van der Waals surface area contributed by atoms with Gasteiger partial charge in [-0.05, 0) is 31.2 Å². The number of carbonyl (C=O) groups excluding carboxylic acids is 1. The summed E-state index contributed by atoms with van der Waals surface area (Å²) in [5.74, 6) is 0.0322. The van der Waals surface area contributed by atoms with Gasteiger partial charge in [0.25, 0.3) is 5.91 Å². The third-order valence-corrected chi connectivity index (χ3v) is 5.66. The Hall–Kier alpha value is -1.44. The van der Waals surface area contributed by atoms with Crippen molar-refractivity contribution >= 4 is 29.0 Å². The van der Waals surface area contributed by atoms with Gasteiger partial charge in [-0.15, -0.1) is 11.3 Å². The highest BCUT2D eigenvalue weighted by Crippen LogP contribution is 2.22. The molecule has 0 spiro atoms. The third-order valence-electron chi connectivity index (χ3n) is 3.80. The maximum absolute atomic E-state index is 12.4. The highest BCUT2D eigenvalue weighted by molar-refractivity contribution is 8.00. The van der Waals surface area contributed by atoms with Crippen molar-refractivity contribution in [3.8, 4) is 0 Å². The molecule has 0 aliphatic carbocycles. The number of piperidine rings is 1. The van der Waals surface area contributed by atoms with Gasteiger partial charge < -0.3 is 9.64 Å². The molecule has 2 aromatic rings. The van der Waals surface area contributed by atoms with Crippen molar-refractivity contribution in [1.29, 1.82) is 0 Å². The Balaban J connectivity index is 1.47. The first-order valence-electron chi connectivity index (χ1n) is 7.56. The summed E-state index contributed by atoms with van der Waals surface area (Å²) in [6.45, 7) is 1.97. The molecule has 0 N–H and O–H groups in total. The first-order valence-corrected chi connectivity index (χ1v) is 9.67. The predicted molar refractivity (Wildman–Crippen MR) is 91.8 cm³/mol. The molecule has 3 rings (SSSR count). The van der Waals surface area contributed by atoms with Crippen LogP contribution in [0, 0.1) is 0 Å². The second-order valence-electron chi connectivity index (χ2n) is 5.33. The molecular formula is C16H19N3O2S2. The van der Waals surface area contributed by atoms with Crippen LogP contribution in [0.5, 0.6) is 0 Å². The van der Waals surface area contributed by atoms with Crippen LogP contribution in [0.4, 0.5) is 0 Å². The predicted octanol–water partition coefficient (Wildman–Crippen LogP) is 3.08. The monoisotopic (exact) mass is 349 g/mol. The maximum atomic E-state index is 12.4. The van der Waals surface area contributed by atoms with E-state index in [0.717, 1.165) is 36.0 Å². The molecule has 2 aromatic heterocycles. The number of rotatable bonds is 5. The Morgan fingerprint density at radius 1 is 1.43 bits per heavy atom. The molecule has 0 saturated carbocycles. The van der Waals surface area contributed by atoms with Crippen LogP contribution in [0.3, 0.4) is 0 Å². The summed E-state index contributed by atoms with van der Waals surface area (Å²) < 4.78 is 6.84. The van der Waals surface area contributed by atoms with E-state index in [0.29, 0.717) is 12.3 Å². The van der Waals surface area contributed by atoms with E-state index in [9.17, 15) is 4.79 Å². The minimum Gasteiger partial charge on any atom is -0.372 e. The zero-order valence-corrected chi connectivity index (χ0v) is 14.6. The Morgan fingerprint density at radius 2 is 2.26 bits per heavy atom. The number of pyridine rings is 1. The number of aromatic nitrogens is 2. The topological polar surface area (TPSA) is 55.3 Å². The van der Waals surface area contributed by atoms with Crippen LogP contribution >= 0.6 is 23.1 Å². The van der Waals surface area contributed by atoms with Crippen molar-refractivity contribution in [2.75, 3.05) is 19.3 Å². The van der Waals surface area contributed by atoms with E-state index in [1.54, 1.807) is 18.0 Å². The number of hydrogen-bond acceptors (Lipinski definition) is 6. The summed E-state index contributed by atoms with van der Waals surface area (Å²) in [5, 5.41) is 1.85. The van der Waals surface area contributed by atoms with Crippen LogP contribution in [0.1, 0.15) is 29.0 Å². The number of thiazole rings is 1. The van der Waals surface area contributed by atoms with Crippen molar-refractivity contribution in [1.82, 2.24) is 14.9 Å². The summed E-state index contributed by atoms with van der Waals surface area (Å²) in [6.07, 6.45) is 5.66. The molecule has 23 heavy (non-hydrogen) atoms. The highest BCUT2D eigenvalue weighted by atomic mass is 32.2. The summed E-state index contributed by atoms with van der Waals surface area (Å²) in [5.41, 5.74) is 1.50. The molecular weight excluding hydrogens is 330 g/mol. The summed E-state index contributed by atoms with van der Waals surface area (Å²) >= 11 is 3.09. The molecule has 5 nitrogen and oxygen atoms in total. The van der Waals surface area contributed by atoms with Crippen LogP contribution in [0.2, 0.25) is 0 Å². The summed E-state index contributed by atoms with van der Waals surface area (Å²) in [7, 11) is 0. The van der Waals surface area contributed by atoms with Crippen LogP contribution in [0.15, 0.2) is 34.1 Å². The quantitative estimate of drug-likeness (QED) is 0.777. The molecule has 1 saturated heterocycles. The van der Waals surface area contributed by atoms with Gasteiger partial charge in [0.2, 0.25) is 0 Å². The van der Waals surface area contributed by atoms with Crippen molar-refractivity contribution in [2.45, 2.75) is 29.9 Å². The molecule has 0 bridgehead atoms. The molecule has 7 heteroatoms. The lowest BCUT2D eigenvalue weighted by molar-refractivity contribution is -0.00172. The van der Waals surface area contributed by atoms with Crippen LogP contribution in [-0.4, -0.2) is 46.2 Å². The SMILES string of the molecule is CSc1nc(C(=O)N2CCC(OCc3ccccn3)CC2)cs1. The average molecular weight is 349 g/mol. The number of likely N-dealkylation sites (tertiary alicyclic amines) is 1. The molecule has 1 aliphatic heterocycles. The molecule has 0 aromatic carbocycles. The van der Waals surface area contributed by atoms with E-state index in [1.165, 1.54) is 11.3 Å². The van der Waals surface area contributed by atoms with Crippen LogP contribution in [0.25, 0.3) is 0 Å². The van der Waals surface area contributed by atoms with Gasteiger partial charge in [0.05, 0.1) is 18.4 Å². The molecule has 0 atom stereocenters. The molecule has 1 fully saturated rings. The minimum atomic E-state index is 0.0322. The fourth-order valence-corrected chi connectivity index (χ4v) is 3.76. The fourth-order valence-electron chi connectivity index (χ4n) is 2.52. The minimum absolute atomic E-state index is 0.0322. The Kier molecular flexibility index (Phi) is 5.64. The number of amides is 1. The average Bonchev–Trinajstić information content (AvgIpc) is 3.10. The Morgan fingerprint density at radius 3 is 2.91 bits per heavy atom. The summed E-state index contributed by atoms with van der Waals surface area (Å²) in [4.78, 5) is 22.9. The zero-order valence-electron chi connectivity index (χ0n) is 13.0. The second kappa shape index (κ2) is 7.90. The summed E-state index contributed by atoms with van der Waals surface area (Å²) in [6, 6.07) is 5.82. The highest BCUT2D eigenvalue weighted by Gasteiger charge is 2.25. The standard InChI is InChI=1S/C16H19N3O2S2/c1-22-16-18-14(11-23-16)15(20)19-8-5-13(6-9-19)21-10-12-4-2-3-7-17-12/h2-4,7,11,13H,5-6,8-10H2,1H3. The molecule has 0 radical (unpaired) electrons. The van der Waals surface area contributed by atoms with Gasteiger partial charge >= 0.3 is 0 Å². The van der Waals surface area contributed by atoms with Gasteiger partial charge in [-0.1, -0.05) is 17.8 Å². The number of carbonyl (C=O) groups is 1. The van der Waals surface area contributed by atoms with Gasteiger partial charge in [0, 0.05) is 24.7 Å². The first-order chi connectivity index (χ1) is 11.3. The lowest BCUT2D eigenvalue weighted by atomic mass is 10.1. The van der Waals surface area contributed by atoms with E-state index >= 15 is 0 Å². The first kappa shape index (κ1) is 16.4. The van der Waals surface area contributed by atoms with E-state index in [1.807, 2.05) is 34.7 Å². The van der Waals surface area contributed by atoms with Gasteiger partial charge in [0.1, 0.15) is 10.0 Å². The maximum Gasteiger partial charge on any atom is 0.273 e. The fraction of sp³-hybridized carbons (Fsp3) is 0.438. The molecule has 3 heterocycles. The van der Waals surface area contributed by atoms with Crippen LogP contribution in [-0.2, 0) is 11.3 Å². The molecule has 1 aliphatic rings. The van der Waals surface area contributed by atoms with E-state index in [4.69, 9.17) is 4.74 Å². The largest absolute Gasteiger partial charge is 0.372 e. The Labute approximate surface area is 144 Å². The number of hydrogen-bond donors (Lipinski definition) is 0. The Bertz CT molecular complexity index is 640. The third kappa shape index (κ3) is 4.31. The molecule has 0 unspecified atom stereocenters. The number of ether oxygens (including phenoxy) is 1. The molecule has 1 amide bonds. The van der Waals surface area contributed by atoms with Gasteiger partial charge in [-0.25, -0.2) is 4.98 Å². The lowest BCUT2D eigenvalue weighted by Gasteiger charge is -2.31. The van der Waals surface area contributed by atoms with Gasteiger partial charge in [-0.2, -0.15) is 0 Å². The van der Waals surface area contributed by atoms with E-state index < -0.39 is 0 Å². The van der Waals surface area contributed by atoms with Crippen molar-refractivity contribution in [3.05, 3.63) is 41.2 Å². The number of thioether (sulfide) groups is 1. The molecule has 122 valence electrons. The van der Waals surface area contributed by atoms with Gasteiger partial charge in [-0.3, -0.25) is 9.78 Å². The van der Waals surface area contributed by atoms with Crippen molar-refractivity contribution < 1.29 is 9.53 Å². The lowest BCUT2D eigenvalue weighted by Crippen LogP contribution is -2.41. The van der Waals surface area contributed by atoms with E-state index in [-0.39, 0.29) is 12.0 Å². The van der Waals surface area contributed by atoms with E-state index in [2.05, 4.69) is 9.97 Å². The zero-order chi connectivity index (χ0) is 16.1. The van der Waals surface area contributed by atoms with Crippen molar-refractivity contribution in [2.24, 2.45) is 0 Å². The normalized spacial score (nSPS) is 15.8. The number of nitrogens with zero attached hydrogens (tertiary/aromatic N) is 3. The van der Waals surface area contributed by atoms with Crippen molar-refractivity contribution in [3.63, 3.8) is 0 Å².